The van der Waals surface area contributed by atoms with E-state index in [1.165, 1.54) is 12.1 Å². The van der Waals surface area contributed by atoms with Gasteiger partial charge in [-0.2, -0.15) is 0 Å². The number of aromatic amines is 1. The molecule has 7 heteroatoms. The lowest BCUT2D eigenvalue weighted by Crippen LogP contribution is -2.47. The number of aryl methyl sites for hydroxylation is 1. The summed E-state index contributed by atoms with van der Waals surface area (Å²) < 4.78 is 13.9. The molecule has 2 amide bonds. The third-order valence-corrected chi connectivity index (χ3v) is 6.52. The number of carbonyl (C=O) groups excluding carboxylic acids is 2. The molecule has 0 spiro atoms. The number of aromatic nitrogens is 1. The Morgan fingerprint density at radius 3 is 2.62 bits per heavy atom. The lowest BCUT2D eigenvalue weighted by atomic mass is 9.94. The van der Waals surface area contributed by atoms with Gasteiger partial charge in [0.25, 0.3) is 5.91 Å². The number of benzene rings is 2. The van der Waals surface area contributed by atoms with Crippen LogP contribution in [0.1, 0.15) is 22.5 Å². The zero-order valence-electron chi connectivity index (χ0n) is 19.3. The fourth-order valence-electron chi connectivity index (χ4n) is 4.70. The molecule has 1 fully saturated rings. The van der Waals surface area contributed by atoms with E-state index in [-0.39, 0.29) is 24.1 Å². The van der Waals surface area contributed by atoms with Gasteiger partial charge in [0.05, 0.1) is 12.0 Å². The van der Waals surface area contributed by atoms with Gasteiger partial charge in [0.15, 0.2) is 0 Å². The van der Waals surface area contributed by atoms with Crippen LogP contribution in [-0.2, 0) is 16.0 Å². The van der Waals surface area contributed by atoms with Crippen molar-refractivity contribution in [1.29, 1.82) is 0 Å². The Bertz CT molecular complexity index is 1300. The molecule has 0 aliphatic carbocycles. The highest BCUT2D eigenvalue weighted by atomic mass is 19.1. The fourth-order valence-corrected chi connectivity index (χ4v) is 4.70. The highest BCUT2D eigenvalue weighted by molar-refractivity contribution is 6.36. The van der Waals surface area contributed by atoms with Crippen molar-refractivity contribution in [2.75, 3.05) is 38.5 Å². The molecule has 2 aromatic carbocycles. The Morgan fingerprint density at radius 1 is 1.09 bits per heavy atom. The lowest BCUT2D eigenvalue weighted by Gasteiger charge is -2.32. The standard InChI is InChI=1S/C27H27FN4O2/c1-17-13-19(15-25(33)32-11-9-31(2)10-12-32)24(29-17)16-22-26-21(18-5-3-6-20(28)14-18)7-4-8-23(26)30-27(22)34/h3-8,13-14,16,29H,9-12,15H2,1-2H3,(H,30,34). The number of rotatable bonds is 4. The molecule has 5 rings (SSSR count). The predicted octanol–water partition coefficient (Wildman–Crippen LogP) is 3.94. The number of fused-ring (bicyclic) bond motifs is 1. The second-order valence-electron chi connectivity index (χ2n) is 9.00. The van der Waals surface area contributed by atoms with Gasteiger partial charge in [0.1, 0.15) is 5.82 Å². The number of piperazine rings is 1. The molecule has 0 radical (unpaired) electrons. The quantitative estimate of drug-likeness (QED) is 0.582. The average molecular weight is 459 g/mol. The van der Waals surface area contributed by atoms with E-state index in [1.54, 1.807) is 6.07 Å². The SMILES string of the molecule is Cc1cc(CC(=O)N2CCN(C)CC2)c(C=C2C(=O)Nc3cccc(-c4cccc(F)c4)c32)[nH]1. The number of likely N-dealkylation sites (N-methyl/N-ethyl adjacent to an activating group) is 1. The van der Waals surface area contributed by atoms with Crippen molar-refractivity contribution in [2.24, 2.45) is 0 Å². The van der Waals surface area contributed by atoms with Crippen LogP contribution in [0.15, 0.2) is 48.5 Å². The molecule has 2 aliphatic rings. The molecule has 0 atom stereocenters. The zero-order valence-corrected chi connectivity index (χ0v) is 19.3. The summed E-state index contributed by atoms with van der Waals surface area (Å²) >= 11 is 0. The van der Waals surface area contributed by atoms with Gasteiger partial charge in [-0.05, 0) is 61.0 Å². The summed E-state index contributed by atoms with van der Waals surface area (Å²) in [6.07, 6.45) is 2.08. The number of nitrogens with one attached hydrogen (secondary N) is 2. The summed E-state index contributed by atoms with van der Waals surface area (Å²) in [5, 5.41) is 2.92. The van der Waals surface area contributed by atoms with Crippen molar-refractivity contribution in [2.45, 2.75) is 13.3 Å². The lowest BCUT2D eigenvalue weighted by molar-refractivity contribution is -0.132. The molecule has 2 aliphatic heterocycles. The van der Waals surface area contributed by atoms with Gasteiger partial charge in [0, 0.05) is 48.8 Å². The van der Waals surface area contributed by atoms with Crippen molar-refractivity contribution in [3.63, 3.8) is 0 Å². The molecule has 0 bridgehead atoms. The summed E-state index contributed by atoms with van der Waals surface area (Å²) in [4.78, 5) is 33.3. The van der Waals surface area contributed by atoms with Gasteiger partial charge in [-0.1, -0.05) is 24.3 Å². The van der Waals surface area contributed by atoms with Gasteiger partial charge in [-0.25, -0.2) is 4.39 Å². The van der Waals surface area contributed by atoms with E-state index < -0.39 is 0 Å². The van der Waals surface area contributed by atoms with Gasteiger partial charge in [-0.15, -0.1) is 0 Å². The maximum Gasteiger partial charge on any atom is 0.256 e. The highest BCUT2D eigenvalue weighted by Crippen LogP contribution is 2.40. The van der Waals surface area contributed by atoms with Gasteiger partial charge < -0.3 is 20.1 Å². The molecule has 3 aromatic rings. The number of anilines is 1. The summed E-state index contributed by atoms with van der Waals surface area (Å²) in [6.45, 7) is 5.12. The average Bonchev–Trinajstić information content (AvgIpc) is 3.32. The number of amides is 2. The highest BCUT2D eigenvalue weighted by Gasteiger charge is 2.28. The first-order chi connectivity index (χ1) is 16.4. The van der Waals surface area contributed by atoms with E-state index in [1.807, 2.05) is 48.2 Å². The molecule has 0 unspecified atom stereocenters. The van der Waals surface area contributed by atoms with Crippen molar-refractivity contribution in [3.8, 4) is 11.1 Å². The van der Waals surface area contributed by atoms with E-state index >= 15 is 0 Å². The maximum atomic E-state index is 13.9. The Morgan fingerprint density at radius 2 is 1.85 bits per heavy atom. The largest absolute Gasteiger partial charge is 0.359 e. The van der Waals surface area contributed by atoms with Gasteiger partial charge in [0.2, 0.25) is 5.91 Å². The number of hydrogen-bond donors (Lipinski definition) is 2. The number of H-pyrrole nitrogens is 1. The van der Waals surface area contributed by atoms with Crippen molar-refractivity contribution >= 4 is 29.2 Å². The normalized spacial score (nSPS) is 17.2. The predicted molar refractivity (Wildman–Crippen MR) is 132 cm³/mol. The van der Waals surface area contributed by atoms with E-state index in [2.05, 4.69) is 22.2 Å². The molecule has 1 saturated heterocycles. The second-order valence-corrected chi connectivity index (χ2v) is 9.00. The Labute approximate surface area is 198 Å². The van der Waals surface area contributed by atoms with E-state index in [9.17, 15) is 14.0 Å². The van der Waals surface area contributed by atoms with E-state index in [4.69, 9.17) is 0 Å². The third kappa shape index (κ3) is 4.26. The molecule has 174 valence electrons. The number of carbonyl (C=O) groups is 2. The van der Waals surface area contributed by atoms with Crippen molar-refractivity contribution < 1.29 is 14.0 Å². The first-order valence-corrected chi connectivity index (χ1v) is 11.5. The van der Waals surface area contributed by atoms with E-state index in [0.717, 1.165) is 54.3 Å². The molecular formula is C27H27FN4O2. The monoisotopic (exact) mass is 458 g/mol. The Hall–Kier alpha value is -3.71. The molecule has 34 heavy (non-hydrogen) atoms. The van der Waals surface area contributed by atoms with Crippen LogP contribution in [0.3, 0.4) is 0 Å². The molecule has 0 saturated carbocycles. The second kappa shape index (κ2) is 8.91. The molecule has 2 N–H and O–H groups in total. The Balaban J connectivity index is 1.50. The summed E-state index contributed by atoms with van der Waals surface area (Å²) in [5.74, 6) is -0.464. The van der Waals surface area contributed by atoms with Crippen LogP contribution < -0.4 is 5.32 Å². The topological polar surface area (TPSA) is 68.4 Å². The van der Waals surface area contributed by atoms with Crippen LogP contribution in [0.5, 0.6) is 0 Å². The van der Waals surface area contributed by atoms with Crippen LogP contribution in [0, 0.1) is 12.7 Å². The Kier molecular flexibility index (Phi) is 5.79. The van der Waals surface area contributed by atoms with Crippen molar-refractivity contribution in [3.05, 3.63) is 76.9 Å². The van der Waals surface area contributed by atoms with Crippen molar-refractivity contribution in [1.82, 2.24) is 14.8 Å². The summed E-state index contributed by atoms with van der Waals surface area (Å²) in [5.41, 5.74) is 5.92. The van der Waals surface area contributed by atoms with E-state index in [0.29, 0.717) is 16.8 Å². The molecule has 1 aromatic heterocycles. The van der Waals surface area contributed by atoms with Crippen LogP contribution in [0.25, 0.3) is 22.8 Å². The minimum Gasteiger partial charge on any atom is -0.359 e. The van der Waals surface area contributed by atoms with Crippen LogP contribution in [0.2, 0.25) is 0 Å². The minimum absolute atomic E-state index is 0.0865. The third-order valence-electron chi connectivity index (χ3n) is 6.52. The van der Waals surface area contributed by atoms with Crippen LogP contribution in [-0.4, -0.2) is 59.8 Å². The van der Waals surface area contributed by atoms with Crippen LogP contribution in [0.4, 0.5) is 10.1 Å². The minimum atomic E-state index is -0.331. The fraction of sp³-hybridized carbons (Fsp3) is 0.259. The van der Waals surface area contributed by atoms with Gasteiger partial charge in [-0.3, -0.25) is 9.59 Å². The molecule has 3 heterocycles. The first kappa shape index (κ1) is 22.1. The number of halogens is 1. The molecule has 6 nitrogen and oxygen atoms in total. The number of nitrogens with zero attached hydrogens (tertiary/aromatic N) is 2. The summed E-state index contributed by atoms with van der Waals surface area (Å²) in [6, 6.07) is 13.9. The maximum absolute atomic E-state index is 13.9. The number of hydrogen-bond acceptors (Lipinski definition) is 3. The summed E-state index contributed by atoms with van der Waals surface area (Å²) in [7, 11) is 2.06. The first-order valence-electron chi connectivity index (χ1n) is 11.5. The van der Waals surface area contributed by atoms with Gasteiger partial charge >= 0.3 is 0 Å². The zero-order chi connectivity index (χ0) is 23.8. The molecular weight excluding hydrogens is 431 g/mol. The van der Waals surface area contributed by atoms with Crippen LogP contribution >= 0.6 is 0 Å². The smallest absolute Gasteiger partial charge is 0.256 e.